The van der Waals surface area contributed by atoms with E-state index in [4.69, 9.17) is 4.74 Å². The van der Waals surface area contributed by atoms with E-state index in [0.717, 1.165) is 4.57 Å². The fourth-order valence-electron chi connectivity index (χ4n) is 3.29. The highest BCUT2D eigenvalue weighted by atomic mass is 32.2. The standard InChI is InChI=1S/C22H27FN4O5S/c1-22(2,3)32-21(31)27-9-10-33-12-15(27)18-25-16(17(28)20(30)26(18)4)19(29)24-11-13-5-7-14(23)8-6-13/h5-8,15,28H,9-12H2,1-4H3,(H,24,29). The van der Waals surface area contributed by atoms with Gasteiger partial charge in [-0.2, -0.15) is 11.8 Å². The van der Waals surface area contributed by atoms with Gasteiger partial charge in [-0.05, 0) is 38.5 Å². The van der Waals surface area contributed by atoms with E-state index in [1.54, 1.807) is 32.5 Å². The van der Waals surface area contributed by atoms with Crippen molar-refractivity contribution in [2.45, 2.75) is 39.0 Å². The summed E-state index contributed by atoms with van der Waals surface area (Å²) in [7, 11) is 1.43. The van der Waals surface area contributed by atoms with E-state index < -0.39 is 46.5 Å². The van der Waals surface area contributed by atoms with E-state index in [2.05, 4.69) is 10.3 Å². The molecule has 1 aromatic heterocycles. The van der Waals surface area contributed by atoms with E-state index in [1.807, 2.05) is 0 Å². The minimum absolute atomic E-state index is 0.0497. The number of aromatic nitrogens is 2. The predicted octanol–water partition coefficient (Wildman–Crippen LogP) is 2.58. The van der Waals surface area contributed by atoms with Gasteiger partial charge in [-0.25, -0.2) is 14.2 Å². The van der Waals surface area contributed by atoms with Crippen molar-refractivity contribution in [2.75, 3.05) is 18.1 Å². The van der Waals surface area contributed by atoms with Gasteiger partial charge in [0.15, 0.2) is 5.69 Å². The maximum atomic E-state index is 13.1. The van der Waals surface area contributed by atoms with Crippen molar-refractivity contribution in [3.05, 3.63) is 57.5 Å². The normalized spacial score (nSPS) is 16.4. The Hall–Kier alpha value is -3.08. The second-order valence-electron chi connectivity index (χ2n) is 8.60. The summed E-state index contributed by atoms with van der Waals surface area (Å²) in [5.74, 6) is -0.648. The van der Waals surface area contributed by atoms with Gasteiger partial charge in [-0.15, -0.1) is 0 Å². The molecule has 1 saturated heterocycles. The first-order valence-electron chi connectivity index (χ1n) is 10.4. The topological polar surface area (TPSA) is 114 Å². The van der Waals surface area contributed by atoms with Crippen LogP contribution >= 0.6 is 11.8 Å². The molecule has 1 aromatic carbocycles. The van der Waals surface area contributed by atoms with E-state index >= 15 is 0 Å². The van der Waals surface area contributed by atoms with E-state index in [1.165, 1.54) is 36.2 Å². The number of carbonyl (C=O) groups is 2. The van der Waals surface area contributed by atoms with Crippen LogP contribution in [0.1, 0.15) is 48.7 Å². The number of hydrogen-bond donors (Lipinski definition) is 2. The van der Waals surface area contributed by atoms with Gasteiger partial charge in [-0.1, -0.05) is 12.1 Å². The number of benzene rings is 1. The lowest BCUT2D eigenvalue weighted by molar-refractivity contribution is 0.0174. The number of halogens is 1. The first kappa shape index (κ1) is 24.6. The average molecular weight is 479 g/mol. The lowest BCUT2D eigenvalue weighted by Crippen LogP contribution is -2.45. The third-order valence-electron chi connectivity index (χ3n) is 4.94. The maximum Gasteiger partial charge on any atom is 0.410 e. The quantitative estimate of drug-likeness (QED) is 0.694. The number of rotatable bonds is 4. The number of nitrogens with one attached hydrogen (secondary N) is 1. The molecule has 2 amide bonds. The van der Waals surface area contributed by atoms with Crippen LogP contribution in [0, 0.1) is 5.82 Å². The zero-order valence-corrected chi connectivity index (χ0v) is 19.7. The molecule has 33 heavy (non-hydrogen) atoms. The summed E-state index contributed by atoms with van der Waals surface area (Å²) in [5, 5.41) is 12.9. The van der Waals surface area contributed by atoms with Crippen LogP contribution in [-0.4, -0.2) is 55.2 Å². The highest BCUT2D eigenvalue weighted by Crippen LogP contribution is 2.30. The van der Waals surface area contributed by atoms with Crippen molar-refractivity contribution in [3.63, 3.8) is 0 Å². The van der Waals surface area contributed by atoms with Crippen molar-refractivity contribution in [1.29, 1.82) is 0 Å². The second-order valence-corrected chi connectivity index (χ2v) is 9.75. The number of thioether (sulfide) groups is 1. The average Bonchev–Trinajstić information content (AvgIpc) is 2.76. The van der Waals surface area contributed by atoms with Crippen molar-refractivity contribution in [1.82, 2.24) is 19.8 Å². The molecule has 3 rings (SSSR count). The summed E-state index contributed by atoms with van der Waals surface area (Å²) in [6.45, 7) is 5.71. The Bertz CT molecular complexity index is 1100. The zero-order valence-electron chi connectivity index (χ0n) is 18.9. The fraction of sp³-hybridized carbons (Fsp3) is 0.455. The Kier molecular flexibility index (Phi) is 7.31. The lowest BCUT2D eigenvalue weighted by Gasteiger charge is -2.36. The second kappa shape index (κ2) is 9.82. The van der Waals surface area contributed by atoms with Crippen LogP contribution in [-0.2, 0) is 18.3 Å². The zero-order chi connectivity index (χ0) is 24.3. The van der Waals surface area contributed by atoms with Gasteiger partial charge in [0.2, 0.25) is 5.75 Å². The van der Waals surface area contributed by atoms with Gasteiger partial charge < -0.3 is 15.2 Å². The number of carbonyl (C=O) groups excluding carboxylic acids is 2. The Morgan fingerprint density at radius 1 is 1.30 bits per heavy atom. The van der Waals surface area contributed by atoms with Gasteiger partial charge in [0.1, 0.15) is 23.3 Å². The van der Waals surface area contributed by atoms with Gasteiger partial charge >= 0.3 is 6.09 Å². The summed E-state index contributed by atoms with van der Waals surface area (Å²) in [6, 6.07) is 4.92. The molecule has 2 heterocycles. The largest absolute Gasteiger partial charge is 0.501 e. The molecular formula is C22H27FN4O5S. The third-order valence-corrected chi connectivity index (χ3v) is 5.96. The Morgan fingerprint density at radius 3 is 2.61 bits per heavy atom. The van der Waals surface area contributed by atoms with Gasteiger partial charge in [-0.3, -0.25) is 19.1 Å². The molecule has 1 aliphatic heterocycles. The fourth-order valence-corrected chi connectivity index (χ4v) is 4.33. The number of ether oxygens (including phenoxy) is 1. The molecule has 1 atom stereocenters. The van der Waals surface area contributed by atoms with E-state index in [-0.39, 0.29) is 12.4 Å². The number of nitrogens with zero attached hydrogens (tertiary/aromatic N) is 3. The molecule has 2 aromatic rings. The van der Waals surface area contributed by atoms with Crippen molar-refractivity contribution in [3.8, 4) is 5.75 Å². The lowest BCUT2D eigenvalue weighted by atomic mass is 10.2. The van der Waals surface area contributed by atoms with E-state index in [9.17, 15) is 23.9 Å². The number of hydrogen-bond acceptors (Lipinski definition) is 7. The molecule has 0 saturated carbocycles. The van der Waals surface area contributed by atoms with Gasteiger partial charge in [0.05, 0.1) is 0 Å². The molecule has 0 aliphatic carbocycles. The Balaban J connectivity index is 1.90. The highest BCUT2D eigenvalue weighted by Gasteiger charge is 2.35. The highest BCUT2D eigenvalue weighted by molar-refractivity contribution is 7.99. The molecule has 1 unspecified atom stereocenters. The van der Waals surface area contributed by atoms with Crippen LogP contribution in [0.25, 0.3) is 0 Å². The van der Waals surface area contributed by atoms with E-state index in [0.29, 0.717) is 23.6 Å². The number of amides is 2. The predicted molar refractivity (Wildman–Crippen MR) is 122 cm³/mol. The minimum atomic E-state index is -0.799. The maximum absolute atomic E-state index is 13.1. The molecular weight excluding hydrogens is 451 g/mol. The summed E-state index contributed by atoms with van der Waals surface area (Å²) in [6.07, 6.45) is -0.544. The van der Waals surface area contributed by atoms with Crippen LogP contribution in [0.4, 0.5) is 9.18 Å². The molecule has 0 bridgehead atoms. The minimum Gasteiger partial charge on any atom is -0.501 e. The Labute approximate surface area is 195 Å². The first-order chi connectivity index (χ1) is 15.5. The van der Waals surface area contributed by atoms with Crippen LogP contribution in [0.3, 0.4) is 0 Å². The number of aromatic hydroxyl groups is 1. The van der Waals surface area contributed by atoms with Gasteiger partial charge in [0, 0.05) is 31.6 Å². The van der Waals surface area contributed by atoms with Crippen molar-refractivity contribution < 1.29 is 23.8 Å². The molecule has 2 N–H and O–H groups in total. The van der Waals surface area contributed by atoms with Crippen molar-refractivity contribution in [2.24, 2.45) is 7.05 Å². The molecule has 178 valence electrons. The monoisotopic (exact) mass is 478 g/mol. The van der Waals surface area contributed by atoms with Gasteiger partial charge in [0.25, 0.3) is 11.5 Å². The summed E-state index contributed by atoms with van der Waals surface area (Å²) >= 11 is 1.58. The van der Waals surface area contributed by atoms with Crippen molar-refractivity contribution >= 4 is 23.8 Å². The molecule has 1 aliphatic rings. The van der Waals surface area contributed by atoms with Crippen LogP contribution in [0.2, 0.25) is 0 Å². The SMILES string of the molecule is Cn1c(C2CSCCN2C(=O)OC(C)(C)C)nc(C(=O)NCc2ccc(F)cc2)c(O)c1=O. The third kappa shape index (κ3) is 5.84. The molecule has 11 heteroatoms. The smallest absolute Gasteiger partial charge is 0.410 e. The molecule has 0 spiro atoms. The molecule has 9 nitrogen and oxygen atoms in total. The molecule has 1 fully saturated rings. The first-order valence-corrected chi connectivity index (χ1v) is 11.5. The Morgan fingerprint density at radius 2 is 1.97 bits per heavy atom. The summed E-state index contributed by atoms with van der Waals surface area (Å²) in [4.78, 5) is 44.0. The summed E-state index contributed by atoms with van der Waals surface area (Å²) < 4.78 is 19.7. The van der Waals surface area contributed by atoms with Crippen LogP contribution in [0.15, 0.2) is 29.1 Å². The van der Waals surface area contributed by atoms with Crippen LogP contribution < -0.4 is 10.9 Å². The molecule has 0 radical (unpaired) electrons. The summed E-state index contributed by atoms with van der Waals surface area (Å²) in [5.41, 5.74) is -1.30. The van der Waals surface area contributed by atoms with Crippen LogP contribution in [0.5, 0.6) is 5.75 Å².